The Morgan fingerprint density at radius 3 is 2.56 bits per heavy atom. The lowest BCUT2D eigenvalue weighted by Crippen LogP contribution is -2.38. The zero-order valence-corrected chi connectivity index (χ0v) is 15.0. The van der Waals surface area contributed by atoms with E-state index in [0.29, 0.717) is 17.0 Å². The van der Waals surface area contributed by atoms with Crippen molar-refractivity contribution in [2.24, 2.45) is 0 Å². The van der Waals surface area contributed by atoms with Gasteiger partial charge in [-0.2, -0.15) is 0 Å². The molecular weight excluding hydrogens is 346 g/mol. The average Bonchev–Trinajstić information content (AvgIpc) is 2.91. The van der Waals surface area contributed by atoms with Crippen LogP contribution >= 0.6 is 0 Å². The van der Waals surface area contributed by atoms with Gasteiger partial charge in [0, 0.05) is 11.3 Å². The Morgan fingerprint density at radius 1 is 1.15 bits per heavy atom. The number of amides is 4. The molecule has 0 spiro atoms. The van der Waals surface area contributed by atoms with Crippen molar-refractivity contribution in [3.63, 3.8) is 0 Å². The maximum absolute atomic E-state index is 12.5. The highest BCUT2D eigenvalue weighted by molar-refractivity contribution is 6.16. The Balaban J connectivity index is 1.71. The Kier molecular flexibility index (Phi) is 5.21. The molecule has 27 heavy (non-hydrogen) atoms. The number of hydrogen-bond donors (Lipinski definition) is 2. The average molecular weight is 365 g/mol. The Hall–Kier alpha value is -3.61. The minimum absolute atomic E-state index is 0.0904. The Labute approximate surface area is 156 Å². The number of urea groups is 1. The third kappa shape index (κ3) is 4.14. The van der Waals surface area contributed by atoms with Crippen molar-refractivity contribution >= 4 is 29.6 Å². The number of imide groups is 1. The van der Waals surface area contributed by atoms with Crippen LogP contribution in [0.2, 0.25) is 0 Å². The molecule has 7 nitrogen and oxygen atoms in total. The van der Waals surface area contributed by atoms with Gasteiger partial charge in [0.25, 0.3) is 5.91 Å². The molecule has 0 unspecified atom stereocenters. The molecule has 0 aromatic heterocycles. The zero-order valence-electron chi connectivity index (χ0n) is 15.0. The number of hydrogen-bond acceptors (Lipinski definition) is 4. The van der Waals surface area contributed by atoms with Gasteiger partial charge in [0.15, 0.2) is 0 Å². The minimum atomic E-state index is -0.639. The second kappa shape index (κ2) is 7.74. The first-order valence-corrected chi connectivity index (χ1v) is 8.32. The number of aryl methyl sites for hydroxylation is 1. The summed E-state index contributed by atoms with van der Waals surface area (Å²) in [5, 5.41) is 5.16. The number of nitrogens with zero attached hydrogens (tertiary/aromatic N) is 1. The van der Waals surface area contributed by atoms with Crippen molar-refractivity contribution < 1.29 is 19.1 Å². The van der Waals surface area contributed by atoms with Crippen molar-refractivity contribution in [1.82, 2.24) is 10.2 Å². The standard InChI is InChI=1S/C20H19N3O4/c1-13-7-9-15(10-8-13)21-18(24)12-23-19(25)16(22-20(23)26)11-14-5-3-4-6-17(14)27-2/h3-11H,12H2,1-2H3,(H,21,24)(H,22,26)/b16-11-. The van der Waals surface area contributed by atoms with Gasteiger partial charge in [0.05, 0.1) is 7.11 Å². The highest BCUT2D eigenvalue weighted by atomic mass is 16.5. The van der Waals surface area contributed by atoms with Gasteiger partial charge in [0.1, 0.15) is 18.0 Å². The maximum atomic E-state index is 12.5. The molecule has 3 rings (SSSR count). The predicted octanol–water partition coefficient (Wildman–Crippen LogP) is 2.54. The van der Waals surface area contributed by atoms with Crippen LogP contribution < -0.4 is 15.4 Å². The van der Waals surface area contributed by atoms with Gasteiger partial charge in [-0.25, -0.2) is 9.69 Å². The lowest BCUT2D eigenvalue weighted by Gasteiger charge is -2.12. The van der Waals surface area contributed by atoms with Crippen molar-refractivity contribution in [3.8, 4) is 5.75 Å². The topological polar surface area (TPSA) is 87.7 Å². The molecule has 7 heteroatoms. The molecule has 0 atom stereocenters. The van der Waals surface area contributed by atoms with E-state index in [4.69, 9.17) is 4.74 Å². The fourth-order valence-corrected chi connectivity index (χ4v) is 2.64. The van der Waals surface area contributed by atoms with E-state index in [1.165, 1.54) is 13.2 Å². The van der Waals surface area contributed by atoms with E-state index in [1.54, 1.807) is 36.4 Å². The van der Waals surface area contributed by atoms with E-state index in [9.17, 15) is 14.4 Å². The third-order valence-corrected chi connectivity index (χ3v) is 4.04. The van der Waals surface area contributed by atoms with Crippen LogP contribution in [0.5, 0.6) is 5.75 Å². The van der Waals surface area contributed by atoms with Crippen LogP contribution in [0.15, 0.2) is 54.2 Å². The highest BCUT2D eigenvalue weighted by Crippen LogP contribution is 2.22. The van der Waals surface area contributed by atoms with Crippen molar-refractivity contribution in [2.75, 3.05) is 19.0 Å². The third-order valence-electron chi connectivity index (χ3n) is 4.04. The van der Waals surface area contributed by atoms with Crippen molar-refractivity contribution in [3.05, 3.63) is 65.4 Å². The van der Waals surface area contributed by atoms with Crippen LogP contribution in [0.3, 0.4) is 0 Å². The molecule has 1 fully saturated rings. The van der Waals surface area contributed by atoms with Crippen LogP contribution in [0.4, 0.5) is 10.5 Å². The number of nitrogens with one attached hydrogen (secondary N) is 2. The van der Waals surface area contributed by atoms with Crippen LogP contribution in [0.25, 0.3) is 6.08 Å². The van der Waals surface area contributed by atoms with Gasteiger partial charge in [-0.1, -0.05) is 35.9 Å². The quantitative estimate of drug-likeness (QED) is 0.630. The maximum Gasteiger partial charge on any atom is 0.329 e. The summed E-state index contributed by atoms with van der Waals surface area (Å²) in [5.41, 5.74) is 2.40. The van der Waals surface area contributed by atoms with Crippen LogP contribution in [0, 0.1) is 6.92 Å². The van der Waals surface area contributed by atoms with Gasteiger partial charge >= 0.3 is 6.03 Å². The molecule has 0 aliphatic carbocycles. The molecule has 4 amide bonds. The zero-order chi connectivity index (χ0) is 19.4. The smallest absolute Gasteiger partial charge is 0.329 e. The Morgan fingerprint density at radius 2 is 1.85 bits per heavy atom. The minimum Gasteiger partial charge on any atom is -0.496 e. The van der Waals surface area contributed by atoms with E-state index in [0.717, 1.165) is 10.5 Å². The van der Waals surface area contributed by atoms with Crippen LogP contribution in [0.1, 0.15) is 11.1 Å². The SMILES string of the molecule is COc1ccccc1/C=C1\NC(=O)N(CC(=O)Nc2ccc(C)cc2)C1=O. The van der Waals surface area contributed by atoms with Crippen molar-refractivity contribution in [1.29, 1.82) is 0 Å². The summed E-state index contributed by atoms with van der Waals surface area (Å²) >= 11 is 0. The van der Waals surface area contributed by atoms with E-state index in [2.05, 4.69) is 10.6 Å². The normalized spacial score (nSPS) is 15.0. The first kappa shape index (κ1) is 18.2. The van der Waals surface area contributed by atoms with Gasteiger partial charge in [-0.3, -0.25) is 9.59 Å². The van der Waals surface area contributed by atoms with E-state index < -0.39 is 17.8 Å². The van der Waals surface area contributed by atoms with Crippen LogP contribution in [-0.2, 0) is 9.59 Å². The lowest BCUT2D eigenvalue weighted by atomic mass is 10.1. The first-order valence-electron chi connectivity index (χ1n) is 8.32. The summed E-state index contributed by atoms with van der Waals surface area (Å²) in [5.74, 6) is -0.450. The van der Waals surface area contributed by atoms with Crippen molar-refractivity contribution in [2.45, 2.75) is 6.92 Å². The first-order chi connectivity index (χ1) is 13.0. The number of rotatable bonds is 5. The molecule has 2 aromatic carbocycles. The predicted molar refractivity (Wildman–Crippen MR) is 101 cm³/mol. The summed E-state index contributed by atoms with van der Waals surface area (Å²) in [6.45, 7) is 1.57. The Bertz CT molecular complexity index is 919. The molecule has 1 heterocycles. The molecule has 2 aromatic rings. The lowest BCUT2D eigenvalue weighted by molar-refractivity contribution is -0.127. The molecule has 0 saturated carbocycles. The molecule has 1 aliphatic heterocycles. The number of anilines is 1. The number of ether oxygens (including phenoxy) is 1. The van der Waals surface area contributed by atoms with Crippen LogP contribution in [-0.4, -0.2) is 36.4 Å². The number of carbonyl (C=O) groups excluding carboxylic acids is 3. The van der Waals surface area contributed by atoms with Gasteiger partial charge in [-0.15, -0.1) is 0 Å². The second-order valence-corrected chi connectivity index (χ2v) is 6.04. The fourth-order valence-electron chi connectivity index (χ4n) is 2.64. The number of para-hydroxylation sites is 1. The van der Waals surface area contributed by atoms with E-state index in [-0.39, 0.29) is 12.2 Å². The molecule has 2 N–H and O–H groups in total. The largest absolute Gasteiger partial charge is 0.496 e. The van der Waals surface area contributed by atoms with Gasteiger partial charge < -0.3 is 15.4 Å². The summed E-state index contributed by atoms with van der Waals surface area (Å²) in [7, 11) is 1.52. The number of methoxy groups -OCH3 is 1. The van der Waals surface area contributed by atoms with E-state index >= 15 is 0 Å². The monoisotopic (exact) mass is 365 g/mol. The molecule has 138 valence electrons. The van der Waals surface area contributed by atoms with Gasteiger partial charge in [0.2, 0.25) is 5.91 Å². The second-order valence-electron chi connectivity index (χ2n) is 6.04. The molecule has 0 bridgehead atoms. The molecule has 1 aliphatic rings. The number of benzene rings is 2. The summed E-state index contributed by atoms with van der Waals surface area (Å²) in [6.07, 6.45) is 1.52. The number of carbonyl (C=O) groups is 3. The fraction of sp³-hybridized carbons (Fsp3) is 0.150. The molecular formula is C20H19N3O4. The van der Waals surface area contributed by atoms with E-state index in [1.807, 2.05) is 19.1 Å². The summed E-state index contributed by atoms with van der Waals surface area (Å²) in [4.78, 5) is 37.7. The molecule has 1 saturated heterocycles. The molecule has 0 radical (unpaired) electrons. The highest BCUT2D eigenvalue weighted by Gasteiger charge is 2.35. The van der Waals surface area contributed by atoms with Gasteiger partial charge in [-0.05, 0) is 31.2 Å². The summed E-state index contributed by atoms with van der Waals surface area (Å²) < 4.78 is 5.24. The summed E-state index contributed by atoms with van der Waals surface area (Å²) in [6, 6.07) is 13.7.